The third kappa shape index (κ3) is 4.20. The first kappa shape index (κ1) is 19.2. The van der Waals surface area contributed by atoms with E-state index in [1.165, 1.54) is 12.1 Å². The van der Waals surface area contributed by atoms with Gasteiger partial charge < -0.3 is 4.74 Å². The van der Waals surface area contributed by atoms with Crippen LogP contribution in [0.1, 0.15) is 31.0 Å². The van der Waals surface area contributed by atoms with Gasteiger partial charge in [-0.2, -0.15) is 0 Å². The summed E-state index contributed by atoms with van der Waals surface area (Å²) in [5, 5.41) is 13.0. The molecule has 2 aromatic rings. The summed E-state index contributed by atoms with van der Waals surface area (Å²) >= 11 is 0. The monoisotopic (exact) mass is 379 g/mol. The maximum Gasteiger partial charge on any atom is 0.332 e. The molecule has 1 heterocycles. The quantitative estimate of drug-likeness (QED) is 0.354. The van der Waals surface area contributed by atoms with Crippen molar-refractivity contribution in [1.82, 2.24) is 10.4 Å². The first-order chi connectivity index (χ1) is 13.5. The number of carbonyl (C=O) groups excluding carboxylic acids is 1. The highest BCUT2D eigenvalue weighted by Crippen LogP contribution is 2.34. The van der Waals surface area contributed by atoms with Crippen molar-refractivity contribution in [3.8, 4) is 0 Å². The topological polar surface area (TPSA) is 84.7 Å². The van der Waals surface area contributed by atoms with Gasteiger partial charge in [0.25, 0.3) is 5.69 Å². The number of nitrogens with one attached hydrogen (secondary N) is 1. The highest BCUT2D eigenvalue weighted by atomic mass is 16.6. The van der Waals surface area contributed by atoms with Crippen LogP contribution in [0.3, 0.4) is 0 Å². The molecule has 0 fully saturated rings. The third-order valence-electron chi connectivity index (χ3n) is 4.34. The summed E-state index contributed by atoms with van der Waals surface area (Å²) in [6, 6.07) is 15.9. The van der Waals surface area contributed by atoms with Crippen LogP contribution in [0.5, 0.6) is 0 Å². The zero-order valence-electron chi connectivity index (χ0n) is 15.7. The van der Waals surface area contributed by atoms with E-state index in [2.05, 4.69) is 5.43 Å². The molecule has 3 rings (SSSR count). The highest BCUT2D eigenvalue weighted by Gasteiger charge is 2.28. The molecule has 0 spiro atoms. The number of hydrogen-bond donors (Lipinski definition) is 1. The number of allylic oxidation sites excluding steroid dienone is 1. The molecule has 28 heavy (non-hydrogen) atoms. The lowest BCUT2D eigenvalue weighted by Crippen LogP contribution is -2.32. The molecule has 0 unspecified atom stereocenters. The first-order valence-electron chi connectivity index (χ1n) is 8.92. The summed E-state index contributed by atoms with van der Waals surface area (Å²) in [4.78, 5) is 22.6. The Morgan fingerprint density at radius 2 is 2.00 bits per heavy atom. The van der Waals surface area contributed by atoms with Gasteiger partial charge in [-0.1, -0.05) is 42.5 Å². The highest BCUT2D eigenvalue weighted by molar-refractivity contribution is 5.82. The molecule has 1 atom stereocenters. The van der Waals surface area contributed by atoms with Crippen molar-refractivity contribution in [2.24, 2.45) is 0 Å². The van der Waals surface area contributed by atoms with Crippen LogP contribution < -0.4 is 5.43 Å². The Bertz CT molecular complexity index is 938. The lowest BCUT2D eigenvalue weighted by molar-refractivity contribution is -0.384. The van der Waals surface area contributed by atoms with Gasteiger partial charge in [-0.3, -0.25) is 20.5 Å². The van der Waals surface area contributed by atoms with Crippen LogP contribution in [0.2, 0.25) is 0 Å². The number of hydrogen-bond acceptors (Lipinski definition) is 6. The Balaban J connectivity index is 2.00. The Morgan fingerprint density at radius 3 is 2.68 bits per heavy atom. The van der Waals surface area contributed by atoms with Crippen molar-refractivity contribution >= 4 is 17.4 Å². The van der Waals surface area contributed by atoms with E-state index in [4.69, 9.17) is 4.74 Å². The predicted molar refractivity (Wildman–Crippen MR) is 106 cm³/mol. The number of hydrazine groups is 1. The zero-order valence-corrected chi connectivity index (χ0v) is 15.7. The summed E-state index contributed by atoms with van der Waals surface area (Å²) in [6.07, 6.45) is 3.39. The smallest absolute Gasteiger partial charge is 0.332 e. The van der Waals surface area contributed by atoms with E-state index in [1.807, 2.05) is 42.5 Å². The summed E-state index contributed by atoms with van der Waals surface area (Å²) in [7, 11) is 0. The Morgan fingerprint density at radius 1 is 1.25 bits per heavy atom. The molecule has 0 saturated heterocycles. The molecule has 2 aromatic carbocycles. The number of ether oxygens (including phenoxy) is 1. The number of rotatable bonds is 6. The van der Waals surface area contributed by atoms with Gasteiger partial charge in [-0.25, -0.2) is 4.79 Å². The molecule has 7 heteroatoms. The van der Waals surface area contributed by atoms with Gasteiger partial charge in [-0.15, -0.1) is 0 Å². The lowest BCUT2D eigenvalue weighted by atomic mass is 10.0. The van der Waals surface area contributed by atoms with Gasteiger partial charge in [0.15, 0.2) is 0 Å². The Hall–Kier alpha value is -3.61. The van der Waals surface area contributed by atoms with E-state index < -0.39 is 10.9 Å². The Kier molecular flexibility index (Phi) is 5.74. The second kappa shape index (κ2) is 8.39. The number of non-ortho nitro benzene ring substituents is 1. The van der Waals surface area contributed by atoms with Crippen molar-refractivity contribution in [3.05, 3.63) is 93.7 Å². The molecule has 144 valence electrons. The SMILES string of the molecule is CCOC(=O)/C=C(\C)N1NC(c2ccccc2)=C[C@H]1c1cccc([N+](=O)[O-])c1. The average Bonchev–Trinajstić information content (AvgIpc) is 3.14. The fourth-order valence-corrected chi connectivity index (χ4v) is 3.05. The van der Waals surface area contributed by atoms with Crippen molar-refractivity contribution in [1.29, 1.82) is 0 Å². The van der Waals surface area contributed by atoms with E-state index in [9.17, 15) is 14.9 Å². The fourth-order valence-electron chi connectivity index (χ4n) is 3.05. The number of nitro groups is 1. The molecule has 0 bridgehead atoms. The van der Waals surface area contributed by atoms with Crippen LogP contribution in [-0.4, -0.2) is 22.5 Å². The van der Waals surface area contributed by atoms with E-state index in [0.717, 1.165) is 16.8 Å². The van der Waals surface area contributed by atoms with Crippen LogP contribution in [0.4, 0.5) is 5.69 Å². The fraction of sp³-hybridized carbons (Fsp3) is 0.190. The predicted octanol–water partition coefficient (Wildman–Crippen LogP) is 3.96. The largest absolute Gasteiger partial charge is 0.463 e. The van der Waals surface area contributed by atoms with Crippen LogP contribution in [-0.2, 0) is 9.53 Å². The molecule has 0 radical (unpaired) electrons. The zero-order chi connectivity index (χ0) is 20.1. The summed E-state index contributed by atoms with van der Waals surface area (Å²) in [6.45, 7) is 3.82. The molecule has 0 aliphatic carbocycles. The number of benzene rings is 2. The van der Waals surface area contributed by atoms with Crippen LogP contribution >= 0.6 is 0 Å². The minimum atomic E-state index is -0.437. The number of esters is 1. The van der Waals surface area contributed by atoms with E-state index in [-0.39, 0.29) is 18.3 Å². The summed E-state index contributed by atoms with van der Waals surface area (Å²) < 4.78 is 5.00. The molecule has 0 saturated carbocycles. The van der Waals surface area contributed by atoms with Crippen molar-refractivity contribution in [2.75, 3.05) is 6.61 Å². The normalized spacial score (nSPS) is 16.4. The average molecular weight is 379 g/mol. The van der Waals surface area contributed by atoms with Crippen molar-refractivity contribution in [3.63, 3.8) is 0 Å². The summed E-state index contributed by atoms with van der Waals surface area (Å²) in [5.41, 5.74) is 6.53. The number of carbonyl (C=O) groups is 1. The Labute approximate surface area is 163 Å². The molecular weight excluding hydrogens is 358 g/mol. The second-order valence-electron chi connectivity index (χ2n) is 6.26. The molecule has 0 amide bonds. The third-order valence-corrected chi connectivity index (χ3v) is 4.34. The van der Waals surface area contributed by atoms with Gasteiger partial charge >= 0.3 is 5.97 Å². The van der Waals surface area contributed by atoms with Crippen LogP contribution in [0.15, 0.2) is 72.4 Å². The van der Waals surface area contributed by atoms with Crippen LogP contribution in [0.25, 0.3) is 5.70 Å². The van der Waals surface area contributed by atoms with Gasteiger partial charge in [0.05, 0.1) is 23.3 Å². The van der Waals surface area contributed by atoms with Crippen LogP contribution in [0, 0.1) is 10.1 Å². The van der Waals surface area contributed by atoms with Crippen molar-refractivity contribution < 1.29 is 14.5 Å². The second-order valence-corrected chi connectivity index (χ2v) is 6.26. The van der Waals surface area contributed by atoms with E-state index >= 15 is 0 Å². The van der Waals surface area contributed by atoms with Crippen molar-refractivity contribution in [2.45, 2.75) is 19.9 Å². The van der Waals surface area contributed by atoms with E-state index in [0.29, 0.717) is 5.70 Å². The number of nitro benzene ring substituents is 1. The lowest BCUT2D eigenvalue weighted by Gasteiger charge is -2.28. The summed E-state index contributed by atoms with van der Waals surface area (Å²) in [5.74, 6) is -0.437. The number of nitrogens with zero attached hydrogens (tertiary/aromatic N) is 2. The van der Waals surface area contributed by atoms with Gasteiger partial charge in [-0.05, 0) is 31.1 Å². The maximum atomic E-state index is 11.9. The molecule has 0 aromatic heterocycles. The van der Waals surface area contributed by atoms with Gasteiger partial charge in [0.2, 0.25) is 0 Å². The molecule has 1 aliphatic rings. The maximum absolute atomic E-state index is 11.9. The standard InChI is InChI=1S/C21H21N3O4/c1-3-28-21(25)12-15(2)23-20(17-10-7-11-18(13-17)24(26)27)14-19(22-23)16-8-5-4-6-9-16/h4-14,20,22H,3H2,1-2H3/b15-12+/t20-/m0/s1. The van der Waals surface area contributed by atoms with Gasteiger partial charge in [0, 0.05) is 23.9 Å². The molecule has 1 N–H and O–H groups in total. The minimum Gasteiger partial charge on any atom is -0.463 e. The minimum absolute atomic E-state index is 0.0195. The van der Waals surface area contributed by atoms with E-state index in [1.54, 1.807) is 31.0 Å². The van der Waals surface area contributed by atoms with Gasteiger partial charge in [0.1, 0.15) is 0 Å². The first-order valence-corrected chi connectivity index (χ1v) is 8.92. The molecular formula is C21H21N3O4. The molecule has 1 aliphatic heterocycles. The molecule has 7 nitrogen and oxygen atoms in total.